The van der Waals surface area contributed by atoms with E-state index in [-0.39, 0.29) is 6.04 Å². The predicted octanol–water partition coefficient (Wildman–Crippen LogP) is 4.53. The van der Waals surface area contributed by atoms with E-state index in [1.54, 1.807) is 17.5 Å². The molecule has 3 aromatic heterocycles. The van der Waals surface area contributed by atoms with Crippen LogP contribution in [-0.2, 0) is 0 Å². The molecule has 0 spiro atoms. The van der Waals surface area contributed by atoms with Crippen LogP contribution < -0.4 is 0 Å². The lowest BCUT2D eigenvalue weighted by Gasteiger charge is -2.11. The van der Waals surface area contributed by atoms with E-state index < -0.39 is 0 Å². The Morgan fingerprint density at radius 1 is 1.56 bits per heavy atom. The van der Waals surface area contributed by atoms with Gasteiger partial charge in [-0.1, -0.05) is 6.07 Å². The number of halogens is 1. The molecule has 0 amide bonds. The second kappa shape index (κ2) is 4.60. The molecule has 0 saturated heterocycles. The summed E-state index contributed by atoms with van der Waals surface area (Å²) in [6.07, 6.45) is 1.79. The number of fused-ring (bicyclic) bond motifs is 1. The van der Waals surface area contributed by atoms with E-state index in [9.17, 15) is 0 Å². The third kappa shape index (κ3) is 1.94. The second-order valence-corrected chi connectivity index (χ2v) is 6.30. The highest BCUT2D eigenvalue weighted by Gasteiger charge is 2.14. The number of nitrogens with one attached hydrogen (secondary N) is 1. The highest BCUT2D eigenvalue weighted by atomic mass is 79.9. The van der Waals surface area contributed by atoms with Crippen molar-refractivity contribution in [1.29, 1.82) is 0 Å². The summed E-state index contributed by atoms with van der Waals surface area (Å²) in [7, 11) is 0. The normalized spacial score (nSPS) is 13.0. The van der Waals surface area contributed by atoms with E-state index in [2.05, 4.69) is 54.9 Å². The van der Waals surface area contributed by atoms with Crippen molar-refractivity contribution in [1.82, 2.24) is 14.5 Å². The summed E-state index contributed by atoms with van der Waals surface area (Å²) < 4.78 is 3.71. The van der Waals surface area contributed by atoms with Crippen LogP contribution in [-0.4, -0.2) is 14.5 Å². The third-order valence-electron chi connectivity index (χ3n) is 2.86. The number of hydrogen-bond donors (Lipinski definition) is 1. The molecule has 0 aromatic carbocycles. The smallest absolute Gasteiger partial charge is 0.179 e. The summed E-state index contributed by atoms with van der Waals surface area (Å²) in [6.45, 7) is 2.14. The molecule has 1 unspecified atom stereocenters. The van der Waals surface area contributed by atoms with Crippen LogP contribution in [0.2, 0.25) is 0 Å². The highest BCUT2D eigenvalue weighted by Crippen LogP contribution is 2.27. The summed E-state index contributed by atoms with van der Waals surface area (Å²) in [5, 5.41) is 2.08. The van der Waals surface area contributed by atoms with Crippen molar-refractivity contribution in [2.45, 2.75) is 13.0 Å². The van der Waals surface area contributed by atoms with Gasteiger partial charge in [0.15, 0.2) is 10.4 Å². The number of imidazole rings is 1. The van der Waals surface area contributed by atoms with Crippen LogP contribution in [0.15, 0.2) is 34.2 Å². The maximum atomic E-state index is 5.40. The zero-order chi connectivity index (χ0) is 12.7. The Balaban J connectivity index is 2.23. The number of aromatic amines is 1. The van der Waals surface area contributed by atoms with Gasteiger partial charge in [-0.2, -0.15) is 0 Å². The molecule has 3 nitrogen and oxygen atoms in total. The van der Waals surface area contributed by atoms with Crippen LogP contribution in [0.25, 0.3) is 11.2 Å². The molecular weight excluding hydrogens is 330 g/mol. The van der Waals surface area contributed by atoms with Gasteiger partial charge in [0.05, 0.1) is 11.6 Å². The van der Waals surface area contributed by atoms with Crippen LogP contribution >= 0.6 is 39.5 Å². The van der Waals surface area contributed by atoms with Gasteiger partial charge in [-0.25, -0.2) is 4.98 Å². The van der Waals surface area contributed by atoms with Crippen LogP contribution in [0.4, 0.5) is 0 Å². The van der Waals surface area contributed by atoms with E-state index >= 15 is 0 Å². The Bertz CT molecular complexity index is 742. The van der Waals surface area contributed by atoms with Gasteiger partial charge in [0, 0.05) is 15.5 Å². The summed E-state index contributed by atoms with van der Waals surface area (Å²) >= 11 is 10.6. The average Bonchev–Trinajstić information content (AvgIpc) is 2.94. The molecule has 3 aromatic rings. The lowest BCUT2D eigenvalue weighted by molar-refractivity contribution is 0.655. The van der Waals surface area contributed by atoms with E-state index in [1.165, 1.54) is 4.88 Å². The highest BCUT2D eigenvalue weighted by molar-refractivity contribution is 9.10. The predicted molar refractivity (Wildman–Crippen MR) is 80.7 cm³/mol. The van der Waals surface area contributed by atoms with Gasteiger partial charge in [0.2, 0.25) is 0 Å². The molecule has 18 heavy (non-hydrogen) atoms. The summed E-state index contributed by atoms with van der Waals surface area (Å²) in [5.74, 6) is 0. The van der Waals surface area contributed by atoms with E-state index in [4.69, 9.17) is 12.2 Å². The summed E-state index contributed by atoms with van der Waals surface area (Å²) in [4.78, 5) is 8.93. The standard InChI is InChI=1S/C12H10BrN3S2/c1-7(10-3-2-4-18-10)16-11-9(15-12(16)17)5-8(13)6-14-11/h2-7H,1H3,(H,15,17). The first-order chi connectivity index (χ1) is 8.66. The van der Waals surface area contributed by atoms with Gasteiger partial charge >= 0.3 is 0 Å². The van der Waals surface area contributed by atoms with Crippen molar-refractivity contribution in [2.75, 3.05) is 0 Å². The number of thiophene rings is 1. The third-order valence-corrected chi connectivity index (χ3v) is 4.64. The van der Waals surface area contributed by atoms with Crippen LogP contribution in [0.1, 0.15) is 17.8 Å². The topological polar surface area (TPSA) is 33.6 Å². The van der Waals surface area contributed by atoms with Gasteiger partial charge in [0.1, 0.15) is 0 Å². The zero-order valence-corrected chi connectivity index (χ0v) is 12.8. The van der Waals surface area contributed by atoms with Gasteiger partial charge in [-0.3, -0.25) is 4.57 Å². The molecule has 0 aliphatic carbocycles. The Hall–Kier alpha value is -0.980. The van der Waals surface area contributed by atoms with Crippen molar-refractivity contribution >= 4 is 50.6 Å². The minimum Gasteiger partial charge on any atom is -0.329 e. The molecule has 0 radical (unpaired) electrons. The average molecular weight is 340 g/mol. The Morgan fingerprint density at radius 2 is 2.39 bits per heavy atom. The van der Waals surface area contributed by atoms with Crippen molar-refractivity contribution < 1.29 is 0 Å². The molecule has 1 atom stereocenters. The Kier molecular flexibility index (Phi) is 3.09. The van der Waals surface area contributed by atoms with Crippen molar-refractivity contribution in [3.8, 4) is 0 Å². The molecule has 1 N–H and O–H groups in total. The number of pyridine rings is 1. The fraction of sp³-hybridized carbons (Fsp3) is 0.167. The van der Waals surface area contributed by atoms with Gasteiger partial charge in [0.25, 0.3) is 0 Å². The molecule has 3 heterocycles. The zero-order valence-electron chi connectivity index (χ0n) is 9.55. The summed E-state index contributed by atoms with van der Waals surface area (Å²) in [6, 6.07) is 6.36. The number of rotatable bonds is 2. The minimum atomic E-state index is 0.194. The van der Waals surface area contributed by atoms with Crippen LogP contribution in [0, 0.1) is 4.77 Å². The molecule has 3 rings (SSSR count). The number of H-pyrrole nitrogens is 1. The fourth-order valence-corrected chi connectivity index (χ4v) is 3.46. The molecule has 0 fully saturated rings. The van der Waals surface area contributed by atoms with Crippen molar-refractivity contribution in [3.05, 3.63) is 43.9 Å². The first kappa shape index (κ1) is 12.1. The number of nitrogens with zero attached hydrogens (tertiary/aromatic N) is 2. The molecule has 0 bridgehead atoms. The Morgan fingerprint density at radius 3 is 3.11 bits per heavy atom. The maximum Gasteiger partial charge on any atom is 0.179 e. The molecule has 92 valence electrons. The lowest BCUT2D eigenvalue weighted by Crippen LogP contribution is -2.05. The quantitative estimate of drug-likeness (QED) is 0.696. The SMILES string of the molecule is CC(c1cccs1)n1c(=S)[nH]c2cc(Br)cnc21. The number of aromatic nitrogens is 3. The minimum absolute atomic E-state index is 0.194. The van der Waals surface area contributed by atoms with Crippen molar-refractivity contribution in [2.24, 2.45) is 0 Å². The van der Waals surface area contributed by atoms with E-state index in [1.807, 2.05) is 6.07 Å². The monoisotopic (exact) mass is 339 g/mol. The van der Waals surface area contributed by atoms with Crippen molar-refractivity contribution in [3.63, 3.8) is 0 Å². The van der Waals surface area contributed by atoms with Gasteiger partial charge in [-0.15, -0.1) is 11.3 Å². The number of hydrogen-bond acceptors (Lipinski definition) is 3. The fourth-order valence-electron chi connectivity index (χ4n) is 2.00. The van der Waals surface area contributed by atoms with E-state index in [0.717, 1.165) is 15.6 Å². The van der Waals surface area contributed by atoms with Gasteiger partial charge < -0.3 is 4.98 Å². The molecule has 6 heteroatoms. The largest absolute Gasteiger partial charge is 0.329 e. The van der Waals surface area contributed by atoms with Crippen LogP contribution in [0.3, 0.4) is 0 Å². The molecule has 0 aliphatic heterocycles. The maximum absolute atomic E-state index is 5.40. The molecule has 0 saturated carbocycles. The Labute approximate surface area is 122 Å². The molecular formula is C12H10BrN3S2. The molecule has 0 aliphatic rings. The second-order valence-electron chi connectivity index (χ2n) is 4.02. The van der Waals surface area contributed by atoms with E-state index in [0.29, 0.717) is 4.77 Å². The first-order valence-corrected chi connectivity index (χ1v) is 7.54. The van der Waals surface area contributed by atoms with Crippen LogP contribution in [0.5, 0.6) is 0 Å². The first-order valence-electron chi connectivity index (χ1n) is 5.46. The lowest BCUT2D eigenvalue weighted by atomic mass is 10.3. The summed E-state index contributed by atoms with van der Waals surface area (Å²) in [5.41, 5.74) is 1.85. The van der Waals surface area contributed by atoms with Gasteiger partial charge in [-0.05, 0) is 52.6 Å².